The summed E-state index contributed by atoms with van der Waals surface area (Å²) >= 11 is 0. The van der Waals surface area contributed by atoms with Gasteiger partial charge in [0, 0.05) is 11.1 Å². The van der Waals surface area contributed by atoms with E-state index in [4.69, 9.17) is 9.15 Å². The van der Waals surface area contributed by atoms with Crippen LogP contribution in [-0.4, -0.2) is 18.0 Å². The second-order valence-corrected chi connectivity index (χ2v) is 5.76. The SMILES string of the molecule is C[C@@H](OC(=O)c1cc2ccccc2o1)C(=O)Nc1ccc(C(F)(F)F)cc1. The first-order valence-corrected chi connectivity index (χ1v) is 7.92. The summed E-state index contributed by atoms with van der Waals surface area (Å²) in [6.07, 6.45) is -5.63. The van der Waals surface area contributed by atoms with Crippen molar-refractivity contribution in [2.75, 3.05) is 5.32 Å². The highest BCUT2D eigenvalue weighted by Crippen LogP contribution is 2.29. The molecule has 1 aromatic heterocycles. The molecule has 1 heterocycles. The minimum absolute atomic E-state index is 0.0506. The number of nitrogens with one attached hydrogen (secondary N) is 1. The lowest BCUT2D eigenvalue weighted by molar-refractivity contribution is -0.137. The zero-order chi connectivity index (χ0) is 19.6. The number of esters is 1. The van der Waals surface area contributed by atoms with Crippen molar-refractivity contribution in [2.24, 2.45) is 0 Å². The largest absolute Gasteiger partial charge is 0.449 e. The number of carbonyl (C=O) groups is 2. The van der Waals surface area contributed by atoms with E-state index >= 15 is 0 Å². The van der Waals surface area contributed by atoms with Crippen LogP contribution in [0.2, 0.25) is 0 Å². The molecule has 0 fully saturated rings. The Morgan fingerprint density at radius 1 is 1.07 bits per heavy atom. The average molecular weight is 377 g/mol. The molecule has 0 radical (unpaired) electrons. The van der Waals surface area contributed by atoms with Gasteiger partial charge in [-0.1, -0.05) is 18.2 Å². The highest BCUT2D eigenvalue weighted by atomic mass is 19.4. The fraction of sp³-hybridized carbons (Fsp3) is 0.158. The van der Waals surface area contributed by atoms with Crippen LogP contribution in [-0.2, 0) is 15.7 Å². The lowest BCUT2D eigenvalue weighted by atomic mass is 10.2. The molecular formula is C19H14F3NO4. The molecule has 3 rings (SSSR count). The summed E-state index contributed by atoms with van der Waals surface area (Å²) in [5.74, 6) is -1.55. The molecule has 27 heavy (non-hydrogen) atoms. The second kappa shape index (κ2) is 7.14. The van der Waals surface area contributed by atoms with Crippen LogP contribution in [0.4, 0.5) is 18.9 Å². The molecule has 2 aromatic carbocycles. The fourth-order valence-corrected chi connectivity index (χ4v) is 2.34. The Hall–Kier alpha value is -3.29. The van der Waals surface area contributed by atoms with E-state index in [1.54, 1.807) is 24.3 Å². The monoisotopic (exact) mass is 377 g/mol. The third-order valence-corrected chi connectivity index (χ3v) is 3.76. The van der Waals surface area contributed by atoms with Gasteiger partial charge in [-0.25, -0.2) is 4.79 Å². The van der Waals surface area contributed by atoms with Crippen molar-refractivity contribution in [3.63, 3.8) is 0 Å². The van der Waals surface area contributed by atoms with Crippen molar-refractivity contribution in [3.8, 4) is 0 Å². The maximum atomic E-state index is 12.5. The van der Waals surface area contributed by atoms with Crippen molar-refractivity contribution in [2.45, 2.75) is 19.2 Å². The van der Waals surface area contributed by atoms with Crippen molar-refractivity contribution >= 4 is 28.5 Å². The Morgan fingerprint density at radius 2 is 1.74 bits per heavy atom. The molecule has 0 spiro atoms. The molecular weight excluding hydrogens is 363 g/mol. The maximum Gasteiger partial charge on any atom is 0.416 e. The number of para-hydroxylation sites is 1. The van der Waals surface area contributed by atoms with Crippen LogP contribution < -0.4 is 5.32 Å². The standard InChI is InChI=1S/C19H14F3NO4/c1-11(17(24)23-14-8-6-13(7-9-14)19(20,21)22)26-18(25)16-10-12-4-2-3-5-15(12)27-16/h2-11H,1H3,(H,23,24)/t11-/m1/s1. The van der Waals surface area contributed by atoms with Gasteiger partial charge in [0.1, 0.15) is 5.58 Å². The van der Waals surface area contributed by atoms with Gasteiger partial charge in [0.2, 0.25) is 5.76 Å². The summed E-state index contributed by atoms with van der Waals surface area (Å²) in [6, 6.07) is 12.4. The maximum absolute atomic E-state index is 12.5. The molecule has 1 amide bonds. The molecule has 0 aliphatic rings. The number of halogens is 3. The van der Waals surface area contributed by atoms with E-state index in [9.17, 15) is 22.8 Å². The van der Waals surface area contributed by atoms with E-state index in [1.165, 1.54) is 13.0 Å². The zero-order valence-electron chi connectivity index (χ0n) is 14.0. The summed E-state index contributed by atoms with van der Waals surface area (Å²) in [7, 11) is 0. The minimum atomic E-state index is -4.46. The topological polar surface area (TPSA) is 68.5 Å². The van der Waals surface area contributed by atoms with Gasteiger partial charge in [0.25, 0.3) is 5.91 Å². The molecule has 8 heteroatoms. The molecule has 1 atom stereocenters. The first-order chi connectivity index (χ1) is 12.7. The normalized spacial score (nSPS) is 12.6. The van der Waals surface area contributed by atoms with Gasteiger partial charge in [-0.05, 0) is 43.3 Å². The van der Waals surface area contributed by atoms with E-state index in [1.807, 2.05) is 0 Å². The number of ether oxygens (including phenoxy) is 1. The predicted octanol–water partition coefficient (Wildman–Crippen LogP) is 4.64. The molecule has 0 unspecified atom stereocenters. The van der Waals surface area contributed by atoms with Crippen molar-refractivity contribution in [1.82, 2.24) is 0 Å². The average Bonchev–Trinajstić information content (AvgIpc) is 3.05. The second-order valence-electron chi connectivity index (χ2n) is 5.76. The fourth-order valence-electron chi connectivity index (χ4n) is 2.34. The quantitative estimate of drug-likeness (QED) is 0.673. The number of alkyl halides is 3. The Bertz CT molecular complexity index is 944. The van der Waals surface area contributed by atoms with Crippen LogP contribution in [0.1, 0.15) is 23.0 Å². The van der Waals surface area contributed by atoms with Crippen LogP contribution in [0.15, 0.2) is 59.0 Å². The smallest absolute Gasteiger partial charge is 0.416 e. The molecule has 0 aliphatic heterocycles. The van der Waals surface area contributed by atoms with Crippen LogP contribution in [0.5, 0.6) is 0 Å². The summed E-state index contributed by atoms with van der Waals surface area (Å²) in [5, 5.41) is 3.10. The number of anilines is 1. The molecule has 0 aliphatic carbocycles. The molecule has 0 saturated heterocycles. The summed E-state index contributed by atoms with van der Waals surface area (Å²) < 4.78 is 48.0. The summed E-state index contributed by atoms with van der Waals surface area (Å²) in [6.45, 7) is 1.35. The number of amides is 1. The van der Waals surface area contributed by atoms with E-state index in [0.29, 0.717) is 11.0 Å². The van der Waals surface area contributed by atoms with E-state index in [0.717, 1.165) is 24.3 Å². The molecule has 140 valence electrons. The van der Waals surface area contributed by atoms with E-state index < -0.39 is 29.7 Å². The van der Waals surface area contributed by atoms with Crippen LogP contribution >= 0.6 is 0 Å². The number of hydrogen-bond acceptors (Lipinski definition) is 4. The van der Waals surface area contributed by atoms with E-state index in [2.05, 4.69) is 5.32 Å². The van der Waals surface area contributed by atoms with Gasteiger partial charge in [-0.2, -0.15) is 13.2 Å². The molecule has 1 N–H and O–H groups in total. The number of benzene rings is 2. The third-order valence-electron chi connectivity index (χ3n) is 3.76. The summed E-state index contributed by atoms with van der Waals surface area (Å²) in [4.78, 5) is 24.2. The van der Waals surface area contributed by atoms with Crippen molar-refractivity contribution < 1.29 is 31.9 Å². The summed E-state index contributed by atoms with van der Waals surface area (Å²) in [5.41, 5.74) is -0.171. The number of carbonyl (C=O) groups excluding carboxylic acids is 2. The third kappa shape index (κ3) is 4.28. The van der Waals surface area contributed by atoms with Crippen LogP contribution in [0.3, 0.4) is 0 Å². The van der Waals surface area contributed by atoms with Gasteiger partial charge < -0.3 is 14.5 Å². The lowest BCUT2D eigenvalue weighted by Crippen LogP contribution is -2.29. The van der Waals surface area contributed by atoms with Gasteiger partial charge >= 0.3 is 12.1 Å². The minimum Gasteiger partial charge on any atom is -0.449 e. The van der Waals surface area contributed by atoms with Gasteiger partial charge in [0.15, 0.2) is 6.10 Å². The van der Waals surface area contributed by atoms with Gasteiger partial charge in [-0.3, -0.25) is 4.79 Å². The Kier molecular flexibility index (Phi) is 4.89. The number of rotatable bonds is 4. The number of furan rings is 1. The Balaban J connectivity index is 1.62. The first-order valence-electron chi connectivity index (χ1n) is 7.92. The first kappa shape index (κ1) is 18.5. The highest BCUT2D eigenvalue weighted by molar-refractivity contribution is 5.97. The Labute approximate surface area is 151 Å². The van der Waals surface area contributed by atoms with E-state index in [-0.39, 0.29) is 11.4 Å². The lowest BCUT2D eigenvalue weighted by Gasteiger charge is -2.13. The molecule has 0 bridgehead atoms. The number of fused-ring (bicyclic) bond motifs is 1. The van der Waals surface area contributed by atoms with Gasteiger partial charge in [-0.15, -0.1) is 0 Å². The predicted molar refractivity (Wildman–Crippen MR) is 91.2 cm³/mol. The van der Waals surface area contributed by atoms with Crippen LogP contribution in [0.25, 0.3) is 11.0 Å². The Morgan fingerprint density at radius 3 is 2.37 bits per heavy atom. The number of hydrogen-bond donors (Lipinski definition) is 1. The molecule has 5 nitrogen and oxygen atoms in total. The van der Waals surface area contributed by atoms with Crippen LogP contribution in [0, 0.1) is 0 Å². The molecule has 0 saturated carbocycles. The van der Waals surface area contributed by atoms with Crippen molar-refractivity contribution in [3.05, 3.63) is 65.9 Å². The highest BCUT2D eigenvalue weighted by Gasteiger charge is 2.30. The molecule has 3 aromatic rings. The van der Waals surface area contributed by atoms with Crippen molar-refractivity contribution in [1.29, 1.82) is 0 Å². The van der Waals surface area contributed by atoms with Gasteiger partial charge in [0.05, 0.1) is 5.56 Å². The zero-order valence-corrected chi connectivity index (χ0v) is 14.0.